The fourth-order valence-electron chi connectivity index (χ4n) is 1.73. The van der Waals surface area contributed by atoms with Gasteiger partial charge in [-0.1, -0.05) is 33.8 Å². The molecule has 1 rings (SSSR count). The lowest BCUT2D eigenvalue weighted by molar-refractivity contribution is 0.181. The summed E-state index contributed by atoms with van der Waals surface area (Å²) in [5, 5.41) is 10.0. The van der Waals surface area contributed by atoms with Crippen molar-refractivity contribution in [3.05, 3.63) is 28.8 Å². The van der Waals surface area contributed by atoms with Crippen molar-refractivity contribution >= 4 is 0 Å². The summed E-state index contributed by atoms with van der Waals surface area (Å²) in [6.07, 6.45) is 0.840. The fourth-order valence-corrected chi connectivity index (χ4v) is 1.73. The zero-order valence-electron chi connectivity index (χ0n) is 10.9. The molecule has 0 bridgehead atoms. The summed E-state index contributed by atoms with van der Waals surface area (Å²) in [5.74, 6) is 0.386. The van der Waals surface area contributed by atoms with Gasteiger partial charge in [-0.2, -0.15) is 0 Å². The van der Waals surface area contributed by atoms with Crippen LogP contribution in [0.5, 0.6) is 5.75 Å². The van der Waals surface area contributed by atoms with Crippen molar-refractivity contribution < 1.29 is 9.84 Å². The number of phenols is 1. The van der Waals surface area contributed by atoms with Crippen molar-refractivity contribution in [2.45, 2.75) is 46.1 Å². The van der Waals surface area contributed by atoms with Gasteiger partial charge in [0.15, 0.2) is 0 Å². The van der Waals surface area contributed by atoms with E-state index in [9.17, 15) is 5.11 Å². The summed E-state index contributed by atoms with van der Waals surface area (Å²) in [4.78, 5) is 0. The maximum absolute atomic E-state index is 10.0. The second-order valence-electron chi connectivity index (χ2n) is 5.18. The van der Waals surface area contributed by atoms with Gasteiger partial charge in [-0.3, -0.25) is 0 Å². The second kappa shape index (κ2) is 4.88. The van der Waals surface area contributed by atoms with E-state index in [0.29, 0.717) is 12.4 Å². The average Bonchev–Trinajstić information content (AvgIpc) is 2.19. The molecule has 0 atom stereocenters. The maximum atomic E-state index is 10.0. The molecule has 1 aromatic rings. The first-order valence-corrected chi connectivity index (χ1v) is 5.74. The third-order valence-corrected chi connectivity index (χ3v) is 2.81. The van der Waals surface area contributed by atoms with E-state index in [1.165, 1.54) is 5.56 Å². The minimum Gasteiger partial charge on any atom is -0.507 e. The highest BCUT2D eigenvalue weighted by Gasteiger charge is 2.17. The van der Waals surface area contributed by atoms with Gasteiger partial charge in [0, 0.05) is 12.7 Å². The highest BCUT2D eigenvalue weighted by molar-refractivity contribution is 5.45. The van der Waals surface area contributed by atoms with Crippen LogP contribution in [-0.4, -0.2) is 12.2 Å². The van der Waals surface area contributed by atoms with Gasteiger partial charge in [0.25, 0.3) is 0 Å². The van der Waals surface area contributed by atoms with Crippen molar-refractivity contribution in [3.63, 3.8) is 0 Å². The molecule has 16 heavy (non-hydrogen) atoms. The maximum Gasteiger partial charge on any atom is 0.124 e. The molecule has 0 aliphatic carbocycles. The summed E-state index contributed by atoms with van der Waals surface area (Å²) in [6.45, 7) is 9.04. The van der Waals surface area contributed by atoms with Crippen LogP contribution in [0, 0.1) is 0 Å². The van der Waals surface area contributed by atoms with E-state index in [4.69, 9.17) is 4.74 Å². The molecule has 0 saturated carbocycles. The van der Waals surface area contributed by atoms with E-state index in [0.717, 1.165) is 17.5 Å². The number of methoxy groups -OCH3 is 1. The number of hydrogen-bond acceptors (Lipinski definition) is 2. The third-order valence-electron chi connectivity index (χ3n) is 2.81. The Hall–Kier alpha value is -1.02. The molecule has 1 aromatic carbocycles. The van der Waals surface area contributed by atoms with Crippen molar-refractivity contribution in [1.29, 1.82) is 0 Å². The Morgan fingerprint density at radius 1 is 1.19 bits per heavy atom. The molecule has 0 unspecified atom stereocenters. The summed E-state index contributed by atoms with van der Waals surface area (Å²) >= 11 is 0. The van der Waals surface area contributed by atoms with Crippen molar-refractivity contribution in [1.82, 2.24) is 0 Å². The molecule has 0 aliphatic rings. The molecule has 0 saturated heterocycles. The SMILES string of the molecule is CCc1cc(C(C)(C)C)cc(COC)c1O. The molecule has 0 spiro atoms. The molecule has 0 heterocycles. The molecule has 0 fully saturated rings. The zero-order valence-corrected chi connectivity index (χ0v) is 10.9. The molecule has 2 heteroatoms. The minimum absolute atomic E-state index is 0.0973. The van der Waals surface area contributed by atoms with Gasteiger partial charge in [-0.15, -0.1) is 0 Å². The van der Waals surface area contributed by atoms with Crippen LogP contribution in [0.2, 0.25) is 0 Å². The third kappa shape index (κ3) is 2.76. The quantitative estimate of drug-likeness (QED) is 0.849. The first kappa shape index (κ1) is 13.0. The number of benzene rings is 1. The minimum atomic E-state index is 0.0973. The van der Waals surface area contributed by atoms with E-state index < -0.39 is 0 Å². The normalized spacial score (nSPS) is 11.8. The van der Waals surface area contributed by atoms with Crippen LogP contribution < -0.4 is 0 Å². The van der Waals surface area contributed by atoms with E-state index in [-0.39, 0.29) is 5.41 Å². The first-order valence-electron chi connectivity index (χ1n) is 5.74. The Bertz CT molecular complexity index is 362. The van der Waals surface area contributed by atoms with Gasteiger partial charge in [0.05, 0.1) is 6.61 Å². The van der Waals surface area contributed by atoms with E-state index in [1.807, 2.05) is 6.07 Å². The largest absolute Gasteiger partial charge is 0.507 e. The molecular formula is C14H22O2. The van der Waals surface area contributed by atoms with Gasteiger partial charge >= 0.3 is 0 Å². The lowest BCUT2D eigenvalue weighted by Crippen LogP contribution is -2.12. The topological polar surface area (TPSA) is 29.5 Å². The Morgan fingerprint density at radius 3 is 2.19 bits per heavy atom. The summed E-state index contributed by atoms with van der Waals surface area (Å²) in [5.41, 5.74) is 3.22. The van der Waals surface area contributed by atoms with E-state index in [1.54, 1.807) is 7.11 Å². The molecule has 0 radical (unpaired) electrons. The van der Waals surface area contributed by atoms with Gasteiger partial charge in [-0.05, 0) is 29.0 Å². The molecule has 90 valence electrons. The number of aromatic hydroxyl groups is 1. The number of aryl methyl sites for hydroxylation is 1. The first-order chi connectivity index (χ1) is 7.40. The average molecular weight is 222 g/mol. The Balaban J connectivity index is 3.28. The van der Waals surface area contributed by atoms with Crippen LogP contribution in [0.15, 0.2) is 12.1 Å². The standard InChI is InChI=1S/C14H22O2/c1-6-10-7-12(14(2,3)4)8-11(9-16-5)13(10)15/h7-8,15H,6,9H2,1-5H3. The highest BCUT2D eigenvalue weighted by atomic mass is 16.5. The second-order valence-corrected chi connectivity index (χ2v) is 5.18. The van der Waals surface area contributed by atoms with Crippen LogP contribution in [-0.2, 0) is 23.2 Å². The Kier molecular flexibility index (Phi) is 3.98. The lowest BCUT2D eigenvalue weighted by Gasteiger charge is -2.22. The van der Waals surface area contributed by atoms with Gasteiger partial charge in [0.2, 0.25) is 0 Å². The van der Waals surface area contributed by atoms with Crippen LogP contribution >= 0.6 is 0 Å². The predicted octanol–water partition coefficient (Wildman–Crippen LogP) is 3.40. The molecular weight excluding hydrogens is 200 g/mol. The van der Waals surface area contributed by atoms with Gasteiger partial charge < -0.3 is 9.84 Å². The Labute approximate surface area is 98.3 Å². The van der Waals surface area contributed by atoms with Crippen LogP contribution in [0.4, 0.5) is 0 Å². The van der Waals surface area contributed by atoms with Crippen molar-refractivity contribution in [2.24, 2.45) is 0 Å². The highest BCUT2D eigenvalue weighted by Crippen LogP contribution is 2.31. The number of ether oxygens (including phenoxy) is 1. The number of hydrogen-bond donors (Lipinski definition) is 1. The predicted molar refractivity (Wildman–Crippen MR) is 66.9 cm³/mol. The monoisotopic (exact) mass is 222 g/mol. The Morgan fingerprint density at radius 2 is 1.75 bits per heavy atom. The molecule has 0 aromatic heterocycles. The smallest absolute Gasteiger partial charge is 0.124 e. The summed E-state index contributed by atoms with van der Waals surface area (Å²) in [6, 6.07) is 4.13. The number of rotatable bonds is 3. The van der Waals surface area contributed by atoms with Gasteiger partial charge in [-0.25, -0.2) is 0 Å². The summed E-state index contributed by atoms with van der Waals surface area (Å²) in [7, 11) is 1.65. The van der Waals surface area contributed by atoms with Crippen LogP contribution in [0.25, 0.3) is 0 Å². The molecule has 2 nitrogen and oxygen atoms in total. The summed E-state index contributed by atoms with van der Waals surface area (Å²) < 4.78 is 5.12. The molecule has 0 aliphatic heterocycles. The van der Waals surface area contributed by atoms with Crippen molar-refractivity contribution in [2.75, 3.05) is 7.11 Å². The van der Waals surface area contributed by atoms with Crippen LogP contribution in [0.3, 0.4) is 0 Å². The molecule has 0 amide bonds. The van der Waals surface area contributed by atoms with E-state index >= 15 is 0 Å². The fraction of sp³-hybridized carbons (Fsp3) is 0.571. The van der Waals surface area contributed by atoms with Gasteiger partial charge in [0.1, 0.15) is 5.75 Å². The van der Waals surface area contributed by atoms with Crippen molar-refractivity contribution in [3.8, 4) is 5.75 Å². The number of phenolic OH excluding ortho intramolecular Hbond substituents is 1. The van der Waals surface area contributed by atoms with E-state index in [2.05, 4.69) is 33.8 Å². The lowest BCUT2D eigenvalue weighted by atomic mass is 9.84. The molecule has 1 N–H and O–H groups in total. The zero-order chi connectivity index (χ0) is 12.3. The van der Waals surface area contributed by atoms with Crippen LogP contribution in [0.1, 0.15) is 44.4 Å².